The molecule has 0 fully saturated rings. The van der Waals surface area contributed by atoms with Gasteiger partial charge < -0.3 is 15.4 Å². The molecule has 0 spiro atoms. The van der Waals surface area contributed by atoms with E-state index in [0.717, 1.165) is 16.6 Å². The van der Waals surface area contributed by atoms with Crippen LogP contribution in [0.4, 0.5) is 26.0 Å². The lowest BCUT2D eigenvalue weighted by Gasteiger charge is -2.12. The number of carbonyl (C=O) groups excluding carboxylic acids is 1. The highest BCUT2D eigenvalue weighted by Crippen LogP contribution is 2.25. The van der Waals surface area contributed by atoms with E-state index in [9.17, 15) is 13.6 Å². The first-order valence-corrected chi connectivity index (χ1v) is 9.47. The normalized spacial score (nSPS) is 11.0. The van der Waals surface area contributed by atoms with E-state index >= 15 is 0 Å². The van der Waals surface area contributed by atoms with Crippen molar-refractivity contribution in [3.8, 4) is 5.75 Å². The highest BCUT2D eigenvalue weighted by molar-refractivity contribution is 5.89. The minimum absolute atomic E-state index is 0.114. The highest BCUT2D eigenvalue weighted by atomic mass is 19.3. The summed E-state index contributed by atoms with van der Waals surface area (Å²) in [6, 6.07) is 15.7. The number of ether oxygens (including phenoxy) is 1. The van der Waals surface area contributed by atoms with Crippen LogP contribution in [0, 0.1) is 0 Å². The number of halogens is 2. The number of rotatable bonds is 7. The number of fused-ring (bicyclic) bond motifs is 1. The van der Waals surface area contributed by atoms with E-state index in [1.807, 2.05) is 18.2 Å². The summed E-state index contributed by atoms with van der Waals surface area (Å²) in [5.41, 5.74) is 2.78. The summed E-state index contributed by atoms with van der Waals surface area (Å²) < 4.78 is 31.7. The van der Waals surface area contributed by atoms with Gasteiger partial charge in [-0.15, -0.1) is 0 Å². The molecule has 0 aliphatic heterocycles. The average molecular weight is 423 g/mol. The Hall–Kier alpha value is -4.01. The van der Waals surface area contributed by atoms with Crippen LogP contribution in [0.1, 0.15) is 12.5 Å². The van der Waals surface area contributed by atoms with Gasteiger partial charge in [-0.25, -0.2) is 4.98 Å². The standard InChI is InChI=1S/C22H19F2N5O2/c1-14(30)27-17-6-4-7-18(9-17)28-21-10-19-16(11-25-21)12-26-29(19)13-15-5-2-3-8-20(15)31-22(23)24/h2-12,22H,13H2,1H3,(H,25,28)(H,27,30). The first kappa shape index (κ1) is 20.3. The number of para-hydroxylation sites is 1. The average Bonchev–Trinajstić information content (AvgIpc) is 3.11. The van der Waals surface area contributed by atoms with Gasteiger partial charge in [-0.1, -0.05) is 24.3 Å². The van der Waals surface area contributed by atoms with Gasteiger partial charge in [-0.3, -0.25) is 9.48 Å². The molecule has 0 bridgehead atoms. The van der Waals surface area contributed by atoms with Crippen molar-refractivity contribution in [3.63, 3.8) is 0 Å². The van der Waals surface area contributed by atoms with E-state index < -0.39 is 6.61 Å². The van der Waals surface area contributed by atoms with E-state index in [1.165, 1.54) is 13.0 Å². The number of carbonyl (C=O) groups is 1. The molecule has 0 saturated heterocycles. The first-order valence-electron chi connectivity index (χ1n) is 9.47. The number of nitrogens with zero attached hydrogens (tertiary/aromatic N) is 3. The molecule has 0 atom stereocenters. The Morgan fingerprint density at radius 2 is 1.90 bits per heavy atom. The van der Waals surface area contributed by atoms with Gasteiger partial charge in [0.25, 0.3) is 0 Å². The number of alkyl halides is 2. The summed E-state index contributed by atoms with van der Waals surface area (Å²) in [7, 11) is 0. The monoisotopic (exact) mass is 423 g/mol. The van der Waals surface area contributed by atoms with Crippen LogP contribution in [0.2, 0.25) is 0 Å². The van der Waals surface area contributed by atoms with E-state index in [1.54, 1.807) is 47.4 Å². The summed E-state index contributed by atoms with van der Waals surface area (Å²) in [5, 5.41) is 11.1. The van der Waals surface area contributed by atoms with Crippen LogP contribution in [0.5, 0.6) is 5.75 Å². The number of amides is 1. The van der Waals surface area contributed by atoms with Crippen LogP contribution >= 0.6 is 0 Å². The SMILES string of the molecule is CC(=O)Nc1cccc(Nc2cc3c(cn2)cnn3Cc2ccccc2OC(F)F)c1. The van der Waals surface area contributed by atoms with Gasteiger partial charge in [0.05, 0.1) is 18.3 Å². The molecule has 0 aliphatic carbocycles. The maximum Gasteiger partial charge on any atom is 0.387 e. The molecule has 31 heavy (non-hydrogen) atoms. The second kappa shape index (κ2) is 8.78. The van der Waals surface area contributed by atoms with E-state index in [4.69, 9.17) is 0 Å². The van der Waals surface area contributed by atoms with Gasteiger partial charge in [0.1, 0.15) is 11.6 Å². The van der Waals surface area contributed by atoms with Gasteiger partial charge in [0.15, 0.2) is 0 Å². The molecule has 4 aromatic rings. The van der Waals surface area contributed by atoms with Crippen molar-refractivity contribution < 1.29 is 18.3 Å². The molecule has 2 aromatic heterocycles. The number of aromatic nitrogens is 3. The van der Waals surface area contributed by atoms with Gasteiger partial charge >= 0.3 is 6.61 Å². The topological polar surface area (TPSA) is 81.1 Å². The third kappa shape index (κ3) is 4.95. The molecular weight excluding hydrogens is 404 g/mol. The minimum Gasteiger partial charge on any atom is -0.434 e. The Morgan fingerprint density at radius 3 is 2.71 bits per heavy atom. The summed E-state index contributed by atoms with van der Waals surface area (Å²) in [4.78, 5) is 15.7. The van der Waals surface area contributed by atoms with Crippen molar-refractivity contribution in [2.45, 2.75) is 20.1 Å². The summed E-state index contributed by atoms with van der Waals surface area (Å²) in [5.74, 6) is 0.534. The predicted molar refractivity (Wildman–Crippen MR) is 114 cm³/mol. The lowest BCUT2D eigenvalue weighted by atomic mass is 10.2. The molecule has 0 saturated carbocycles. The van der Waals surface area contributed by atoms with Crippen molar-refractivity contribution in [1.82, 2.24) is 14.8 Å². The van der Waals surface area contributed by atoms with Crippen molar-refractivity contribution in [2.75, 3.05) is 10.6 Å². The zero-order chi connectivity index (χ0) is 21.8. The van der Waals surface area contributed by atoms with Crippen LogP contribution in [0.15, 0.2) is 67.0 Å². The number of nitrogens with one attached hydrogen (secondary N) is 2. The number of hydrogen-bond donors (Lipinski definition) is 2. The van der Waals surface area contributed by atoms with Crippen molar-refractivity contribution in [3.05, 3.63) is 72.6 Å². The van der Waals surface area contributed by atoms with Crippen molar-refractivity contribution >= 4 is 34.0 Å². The van der Waals surface area contributed by atoms with Crippen LogP contribution in [-0.2, 0) is 11.3 Å². The molecule has 4 rings (SSSR count). The van der Waals surface area contributed by atoms with Crippen LogP contribution in [0.25, 0.3) is 10.9 Å². The molecule has 9 heteroatoms. The van der Waals surface area contributed by atoms with Gasteiger partial charge in [0, 0.05) is 41.5 Å². The zero-order valence-corrected chi connectivity index (χ0v) is 16.5. The highest BCUT2D eigenvalue weighted by Gasteiger charge is 2.12. The van der Waals surface area contributed by atoms with E-state index in [2.05, 4.69) is 25.5 Å². The fourth-order valence-electron chi connectivity index (χ4n) is 3.20. The van der Waals surface area contributed by atoms with Crippen LogP contribution in [0.3, 0.4) is 0 Å². The summed E-state index contributed by atoms with van der Waals surface area (Å²) in [6.45, 7) is -1.20. The molecule has 2 aromatic carbocycles. The molecule has 1 amide bonds. The molecule has 0 aliphatic rings. The molecule has 2 N–H and O–H groups in total. The third-order valence-electron chi connectivity index (χ3n) is 4.49. The van der Waals surface area contributed by atoms with Crippen molar-refractivity contribution in [1.29, 1.82) is 0 Å². The molecule has 0 unspecified atom stereocenters. The predicted octanol–water partition coefficient (Wildman–Crippen LogP) is 4.78. The number of benzene rings is 2. The van der Waals surface area contributed by atoms with Crippen LogP contribution in [-0.4, -0.2) is 27.3 Å². The zero-order valence-electron chi connectivity index (χ0n) is 16.5. The summed E-state index contributed by atoms with van der Waals surface area (Å²) >= 11 is 0. The fraction of sp³-hybridized carbons (Fsp3) is 0.136. The first-order chi connectivity index (χ1) is 15.0. The number of hydrogen-bond acceptors (Lipinski definition) is 5. The molecule has 0 radical (unpaired) electrons. The molecule has 2 heterocycles. The quantitative estimate of drug-likeness (QED) is 0.447. The smallest absolute Gasteiger partial charge is 0.387 e. The van der Waals surface area contributed by atoms with Crippen molar-refractivity contribution in [2.24, 2.45) is 0 Å². The van der Waals surface area contributed by atoms with E-state index in [-0.39, 0.29) is 18.2 Å². The summed E-state index contributed by atoms with van der Waals surface area (Å²) in [6.07, 6.45) is 3.35. The Bertz CT molecular complexity index is 1230. The Kier molecular flexibility index (Phi) is 5.74. The largest absolute Gasteiger partial charge is 0.434 e. The molecule has 7 nitrogen and oxygen atoms in total. The number of anilines is 3. The minimum atomic E-state index is -2.90. The maximum absolute atomic E-state index is 12.7. The Morgan fingerprint density at radius 1 is 1.10 bits per heavy atom. The van der Waals surface area contributed by atoms with Gasteiger partial charge in [-0.2, -0.15) is 13.9 Å². The Labute approximate surface area is 176 Å². The number of pyridine rings is 1. The van der Waals surface area contributed by atoms with E-state index in [0.29, 0.717) is 17.1 Å². The molecular formula is C22H19F2N5O2. The van der Waals surface area contributed by atoms with Crippen LogP contribution < -0.4 is 15.4 Å². The van der Waals surface area contributed by atoms with Gasteiger partial charge in [-0.05, 0) is 24.3 Å². The third-order valence-corrected chi connectivity index (χ3v) is 4.49. The second-order valence-electron chi connectivity index (χ2n) is 6.80. The lowest BCUT2D eigenvalue weighted by molar-refractivity contribution is -0.114. The Balaban J connectivity index is 1.60. The second-order valence-corrected chi connectivity index (χ2v) is 6.80. The lowest BCUT2D eigenvalue weighted by Crippen LogP contribution is -2.08. The fourth-order valence-corrected chi connectivity index (χ4v) is 3.20. The maximum atomic E-state index is 12.7. The molecule has 158 valence electrons. The van der Waals surface area contributed by atoms with Gasteiger partial charge in [0.2, 0.25) is 5.91 Å².